The van der Waals surface area contributed by atoms with Gasteiger partial charge in [0.25, 0.3) is 0 Å². The van der Waals surface area contributed by atoms with E-state index in [0.29, 0.717) is 16.8 Å². The molecule has 0 aromatic carbocycles. The predicted octanol–water partition coefficient (Wildman–Crippen LogP) is 1.54. The van der Waals surface area contributed by atoms with E-state index in [-0.39, 0.29) is 19.4 Å². The average molecular weight is 422 g/mol. The number of hydrogen-bond donors (Lipinski definition) is 3. The number of nitriles is 1. The smallest absolute Gasteiger partial charge is 0.138 e. The number of pyridine rings is 2. The van der Waals surface area contributed by atoms with Crippen molar-refractivity contribution in [1.29, 1.82) is 5.26 Å². The van der Waals surface area contributed by atoms with Crippen LogP contribution >= 0.6 is 0 Å². The lowest BCUT2D eigenvalue weighted by atomic mass is 10.1. The minimum absolute atomic E-state index is 0.0285. The quantitative estimate of drug-likeness (QED) is 0.491. The Labute approximate surface area is 180 Å². The summed E-state index contributed by atoms with van der Waals surface area (Å²) in [6.45, 7) is 5.11. The number of hydrogen-bond acceptors (Lipinski definition) is 8. The van der Waals surface area contributed by atoms with E-state index in [2.05, 4.69) is 26.4 Å². The molecule has 9 heteroatoms. The second-order valence-corrected chi connectivity index (χ2v) is 8.35. The van der Waals surface area contributed by atoms with E-state index in [0.717, 1.165) is 36.5 Å². The van der Waals surface area contributed by atoms with E-state index < -0.39 is 5.60 Å². The SMILES string of the molecule is CC(C)(O)COc1cc(-c2ccc(N3CCC(NCO)C3)nc2)c2c(C#N)cnn2c1. The third-order valence-corrected chi connectivity index (χ3v) is 5.25. The standard InChI is InChI=1S/C22H26N6O3/c1-22(2,30)13-31-18-7-19(21-16(8-23)10-26-28(21)12-18)15-3-4-20(24-9-15)27-6-5-17(11-27)25-14-29/h3-4,7,9-10,12,17,25,29-30H,5-6,11,13-14H2,1-2H3. The Hall–Kier alpha value is -3.19. The van der Waals surface area contributed by atoms with Gasteiger partial charge in [0.1, 0.15) is 24.2 Å². The average Bonchev–Trinajstić information content (AvgIpc) is 3.38. The van der Waals surface area contributed by atoms with Crippen molar-refractivity contribution in [2.75, 3.05) is 31.3 Å². The number of nitrogens with one attached hydrogen (secondary N) is 1. The molecular formula is C22H26N6O3. The van der Waals surface area contributed by atoms with Crippen LogP contribution in [0.3, 0.4) is 0 Å². The van der Waals surface area contributed by atoms with Crippen LogP contribution in [0.25, 0.3) is 16.6 Å². The summed E-state index contributed by atoms with van der Waals surface area (Å²) < 4.78 is 7.39. The van der Waals surface area contributed by atoms with E-state index in [1.165, 1.54) is 6.20 Å². The van der Waals surface area contributed by atoms with Gasteiger partial charge in [-0.1, -0.05) is 0 Å². The van der Waals surface area contributed by atoms with Crippen molar-refractivity contribution in [3.8, 4) is 22.9 Å². The van der Waals surface area contributed by atoms with Gasteiger partial charge in [-0.15, -0.1) is 0 Å². The first-order valence-electron chi connectivity index (χ1n) is 10.2. The molecule has 4 heterocycles. The van der Waals surface area contributed by atoms with Crippen molar-refractivity contribution in [3.05, 3.63) is 42.4 Å². The van der Waals surface area contributed by atoms with Gasteiger partial charge in [0.15, 0.2) is 0 Å². The summed E-state index contributed by atoms with van der Waals surface area (Å²) >= 11 is 0. The van der Waals surface area contributed by atoms with Gasteiger partial charge < -0.3 is 19.8 Å². The lowest BCUT2D eigenvalue weighted by molar-refractivity contribution is 0.0283. The molecule has 1 saturated heterocycles. The summed E-state index contributed by atoms with van der Waals surface area (Å²) in [6, 6.07) is 8.21. The molecule has 0 radical (unpaired) electrons. The van der Waals surface area contributed by atoms with Crippen molar-refractivity contribution in [2.45, 2.75) is 31.9 Å². The first kappa shape index (κ1) is 21.1. The van der Waals surface area contributed by atoms with E-state index in [1.807, 2.05) is 18.2 Å². The summed E-state index contributed by atoms with van der Waals surface area (Å²) in [5, 5.41) is 35.9. The molecule has 1 aliphatic rings. The topological polar surface area (TPSA) is 119 Å². The minimum Gasteiger partial charge on any atom is -0.489 e. The van der Waals surface area contributed by atoms with Crippen LogP contribution in [0.4, 0.5) is 5.82 Å². The Morgan fingerprint density at radius 3 is 2.87 bits per heavy atom. The summed E-state index contributed by atoms with van der Waals surface area (Å²) in [5.41, 5.74) is 1.79. The second-order valence-electron chi connectivity index (χ2n) is 8.35. The van der Waals surface area contributed by atoms with Crippen molar-refractivity contribution >= 4 is 11.3 Å². The highest BCUT2D eigenvalue weighted by atomic mass is 16.5. The number of aromatic nitrogens is 3. The van der Waals surface area contributed by atoms with Gasteiger partial charge in [-0.05, 0) is 38.5 Å². The number of aliphatic hydroxyl groups is 2. The lowest BCUT2D eigenvalue weighted by Crippen LogP contribution is -2.33. The van der Waals surface area contributed by atoms with Gasteiger partial charge in [0, 0.05) is 36.5 Å². The van der Waals surface area contributed by atoms with Crippen molar-refractivity contribution in [2.24, 2.45) is 0 Å². The Kier molecular flexibility index (Phi) is 5.78. The fourth-order valence-electron chi connectivity index (χ4n) is 3.73. The zero-order valence-corrected chi connectivity index (χ0v) is 17.6. The van der Waals surface area contributed by atoms with Gasteiger partial charge in [-0.3, -0.25) is 5.32 Å². The Morgan fingerprint density at radius 2 is 2.19 bits per heavy atom. The molecule has 4 rings (SSSR count). The maximum absolute atomic E-state index is 9.98. The molecule has 31 heavy (non-hydrogen) atoms. The van der Waals surface area contributed by atoms with E-state index in [4.69, 9.17) is 9.84 Å². The zero-order valence-electron chi connectivity index (χ0n) is 17.6. The van der Waals surface area contributed by atoms with Gasteiger partial charge in [-0.25, -0.2) is 9.50 Å². The van der Waals surface area contributed by atoms with Crippen molar-refractivity contribution in [3.63, 3.8) is 0 Å². The van der Waals surface area contributed by atoms with E-state index in [9.17, 15) is 10.4 Å². The summed E-state index contributed by atoms with van der Waals surface area (Å²) in [5.74, 6) is 1.41. The lowest BCUT2D eigenvalue weighted by Gasteiger charge is -2.19. The number of fused-ring (bicyclic) bond motifs is 1. The molecule has 162 valence electrons. The molecular weight excluding hydrogens is 396 g/mol. The minimum atomic E-state index is -0.973. The molecule has 1 atom stereocenters. The second kappa shape index (κ2) is 8.51. The highest BCUT2D eigenvalue weighted by molar-refractivity contribution is 5.85. The summed E-state index contributed by atoms with van der Waals surface area (Å²) in [4.78, 5) is 6.81. The molecule has 0 aliphatic carbocycles. The van der Waals surface area contributed by atoms with Gasteiger partial charge in [-0.2, -0.15) is 10.4 Å². The van der Waals surface area contributed by atoms with Gasteiger partial charge in [0.2, 0.25) is 0 Å². The van der Waals surface area contributed by atoms with Gasteiger partial charge in [0.05, 0.1) is 35.8 Å². The molecule has 0 amide bonds. The molecule has 0 spiro atoms. The highest BCUT2D eigenvalue weighted by Gasteiger charge is 2.23. The molecule has 3 aromatic heterocycles. The van der Waals surface area contributed by atoms with Crippen LogP contribution in [0.15, 0.2) is 36.8 Å². The van der Waals surface area contributed by atoms with Crippen molar-refractivity contribution < 1.29 is 14.9 Å². The number of anilines is 1. The monoisotopic (exact) mass is 422 g/mol. The van der Waals surface area contributed by atoms with Crippen LogP contribution in [0.2, 0.25) is 0 Å². The summed E-state index contributed by atoms with van der Waals surface area (Å²) in [7, 11) is 0. The fraction of sp³-hybridized carbons (Fsp3) is 0.409. The molecule has 3 N–H and O–H groups in total. The highest BCUT2D eigenvalue weighted by Crippen LogP contribution is 2.32. The normalized spacial score (nSPS) is 16.6. The number of aliphatic hydroxyl groups excluding tert-OH is 1. The van der Waals surface area contributed by atoms with Crippen LogP contribution < -0.4 is 15.0 Å². The third kappa shape index (κ3) is 4.61. The first-order chi connectivity index (χ1) is 14.9. The number of nitrogens with zero attached hydrogens (tertiary/aromatic N) is 5. The fourth-order valence-corrected chi connectivity index (χ4v) is 3.73. The first-order valence-corrected chi connectivity index (χ1v) is 10.2. The zero-order chi connectivity index (χ0) is 22.0. The Morgan fingerprint density at radius 1 is 1.35 bits per heavy atom. The third-order valence-electron chi connectivity index (χ3n) is 5.25. The molecule has 9 nitrogen and oxygen atoms in total. The van der Waals surface area contributed by atoms with E-state index in [1.54, 1.807) is 30.8 Å². The molecule has 0 saturated carbocycles. The van der Waals surface area contributed by atoms with Crippen LogP contribution in [0, 0.1) is 11.3 Å². The molecule has 0 bridgehead atoms. The molecule has 1 fully saturated rings. The predicted molar refractivity (Wildman–Crippen MR) is 116 cm³/mol. The van der Waals surface area contributed by atoms with Crippen LogP contribution in [0.1, 0.15) is 25.8 Å². The van der Waals surface area contributed by atoms with E-state index >= 15 is 0 Å². The maximum Gasteiger partial charge on any atom is 0.138 e. The Balaban J connectivity index is 1.66. The van der Waals surface area contributed by atoms with Crippen LogP contribution in [0.5, 0.6) is 5.75 Å². The number of rotatable bonds is 7. The largest absolute Gasteiger partial charge is 0.489 e. The van der Waals surface area contributed by atoms with Crippen molar-refractivity contribution in [1.82, 2.24) is 19.9 Å². The molecule has 1 aliphatic heterocycles. The number of ether oxygens (including phenoxy) is 1. The maximum atomic E-state index is 9.98. The molecule has 3 aromatic rings. The molecule has 1 unspecified atom stereocenters. The van der Waals surface area contributed by atoms with Crippen LogP contribution in [-0.2, 0) is 0 Å². The van der Waals surface area contributed by atoms with Gasteiger partial charge >= 0.3 is 0 Å². The summed E-state index contributed by atoms with van der Waals surface area (Å²) in [6.07, 6.45) is 5.96. The van der Waals surface area contributed by atoms with Crippen LogP contribution in [-0.4, -0.2) is 62.9 Å². The Bertz CT molecular complexity index is 1100.